The molecule has 0 bridgehead atoms. The molecule has 0 aliphatic heterocycles. The summed E-state index contributed by atoms with van der Waals surface area (Å²) in [6.45, 7) is 5.31. The number of halogens is 2. The van der Waals surface area contributed by atoms with Crippen molar-refractivity contribution in [2.24, 2.45) is 0 Å². The Kier molecular flexibility index (Phi) is 15.0. The molecule has 8 aromatic rings. The Bertz CT molecular complexity index is 2070. The smallest absolute Gasteiger partial charge is 0.0771 e. The predicted octanol–water partition coefficient (Wildman–Crippen LogP) is 12.6. The van der Waals surface area contributed by atoms with Gasteiger partial charge in [0.15, 0.2) is 0 Å². The molecule has 0 atom stereocenters. The van der Waals surface area contributed by atoms with Crippen molar-refractivity contribution >= 4 is 85.6 Å². The molecule has 0 saturated heterocycles. The van der Waals surface area contributed by atoms with Gasteiger partial charge in [0.05, 0.1) is 0 Å². The van der Waals surface area contributed by atoms with Gasteiger partial charge in [0, 0.05) is 0 Å². The van der Waals surface area contributed by atoms with Crippen LogP contribution in [0.4, 0.5) is 0 Å². The van der Waals surface area contributed by atoms with E-state index in [4.69, 9.17) is 0 Å². The van der Waals surface area contributed by atoms with E-state index in [0.29, 0.717) is 0 Å². The van der Waals surface area contributed by atoms with E-state index in [1.807, 2.05) is 0 Å². The first-order valence-electron chi connectivity index (χ1n) is 14.2. The standard InChI is InChI=1S/C26H21.C13H9.2CH3.2ClH.Si.Zr/c1-2-8-18-15-19-10-7-14-24(25(19)16-18)26-17-20-9-3-4-11-21(20)22-12-5-6-13-23(22)26;1-3-7-12-10(5-1)9-11-6-2-4-8-13(11)12;;;;;;/h3-7,9-17H,2,8H2,1H3;1-9H;2*1H3;2*1H;;/q4*-1;;;;. The van der Waals surface area contributed by atoms with Crippen LogP contribution in [0.2, 0.25) is 0 Å². The molecule has 0 heterocycles. The minimum atomic E-state index is 0. The van der Waals surface area contributed by atoms with Crippen molar-refractivity contribution < 1.29 is 23.3 Å². The Labute approximate surface area is 297 Å². The van der Waals surface area contributed by atoms with Crippen LogP contribution in [0.25, 0.3) is 65.0 Å². The number of benzene rings is 6. The van der Waals surface area contributed by atoms with Crippen molar-refractivity contribution in [3.8, 4) is 11.1 Å². The van der Waals surface area contributed by atoms with E-state index >= 15 is 0 Å². The van der Waals surface area contributed by atoms with Crippen LogP contribution in [-0.2, 0) is 29.8 Å². The van der Waals surface area contributed by atoms with E-state index in [2.05, 4.69) is 153 Å². The summed E-state index contributed by atoms with van der Waals surface area (Å²) in [4.78, 5) is 0. The van der Waals surface area contributed by atoms with Gasteiger partial charge in [-0.25, -0.2) is 0 Å². The summed E-state index contributed by atoms with van der Waals surface area (Å²) in [5, 5.41) is 13.4. The van der Waals surface area contributed by atoms with Crippen LogP contribution in [0.15, 0.2) is 140 Å². The van der Waals surface area contributed by atoms with Crippen molar-refractivity contribution in [1.82, 2.24) is 0 Å². The van der Waals surface area contributed by atoms with Gasteiger partial charge in [-0.3, -0.25) is 0 Å². The SMILES string of the molecule is CCCc1cc2c(-c3cc4ccccc4c4ccccc34)cccc2[cH-]1.Cl.Cl.[CH3-].[CH3-].[Si]=[Zr].c1ccc2c(c1)[cH-]c1ccccc12. The third-order valence-electron chi connectivity index (χ3n) is 7.93. The van der Waals surface area contributed by atoms with Crippen molar-refractivity contribution in [2.75, 3.05) is 0 Å². The second-order valence-corrected chi connectivity index (χ2v) is 10.4. The van der Waals surface area contributed by atoms with E-state index in [1.54, 1.807) is 0 Å². The molecule has 0 amide bonds. The van der Waals surface area contributed by atoms with Crippen molar-refractivity contribution in [1.29, 1.82) is 0 Å². The first kappa shape index (κ1) is 38.2. The Morgan fingerprint density at radius 2 is 0.978 bits per heavy atom. The zero-order valence-corrected chi connectivity index (χ0v) is 31.1. The van der Waals surface area contributed by atoms with Gasteiger partial charge in [0.25, 0.3) is 0 Å². The van der Waals surface area contributed by atoms with Crippen LogP contribution >= 0.6 is 24.8 Å². The molecule has 45 heavy (non-hydrogen) atoms. The molecule has 228 valence electrons. The first-order valence-corrected chi connectivity index (χ1v) is 18.4. The van der Waals surface area contributed by atoms with Gasteiger partial charge in [-0.15, -0.1) is 99.1 Å². The molecule has 0 nitrogen and oxygen atoms in total. The average Bonchev–Trinajstić information content (AvgIpc) is 3.63. The van der Waals surface area contributed by atoms with Gasteiger partial charge >= 0.3 is 30.2 Å². The van der Waals surface area contributed by atoms with Gasteiger partial charge in [-0.2, -0.15) is 6.07 Å². The van der Waals surface area contributed by atoms with Gasteiger partial charge in [0.1, 0.15) is 0 Å². The molecule has 0 aliphatic carbocycles. The molecular weight excluding hydrogens is 683 g/mol. The van der Waals surface area contributed by atoms with Crippen LogP contribution in [0, 0.1) is 14.9 Å². The largest absolute Gasteiger partial charge is 0.126 e. The summed E-state index contributed by atoms with van der Waals surface area (Å²) >= 11 is 1.36. The van der Waals surface area contributed by atoms with E-state index in [-0.39, 0.29) is 39.7 Å². The van der Waals surface area contributed by atoms with Gasteiger partial charge < -0.3 is 14.9 Å². The number of fused-ring (bicyclic) bond motifs is 7. The first-order chi connectivity index (χ1) is 20.3. The maximum Gasteiger partial charge on any atom is -0.0771 e. The van der Waals surface area contributed by atoms with Crippen molar-refractivity contribution in [3.63, 3.8) is 0 Å². The molecule has 8 rings (SSSR count). The fraction of sp³-hybridized carbons (Fsp3) is 0.0732. The Hall–Kier alpha value is -3.00. The summed E-state index contributed by atoms with van der Waals surface area (Å²) in [5.41, 5.74) is 4.12. The molecule has 0 aromatic heterocycles. The van der Waals surface area contributed by atoms with Crippen molar-refractivity contribution in [3.05, 3.63) is 160 Å². The Balaban J connectivity index is 0.000000318. The fourth-order valence-electron chi connectivity index (χ4n) is 6.15. The Morgan fingerprint density at radius 1 is 0.489 bits per heavy atom. The zero-order valence-electron chi connectivity index (χ0n) is 26.0. The zero-order chi connectivity index (χ0) is 28.2. The molecule has 0 saturated carbocycles. The molecule has 4 heteroatoms. The summed E-state index contributed by atoms with van der Waals surface area (Å²) in [6.07, 6.45) is 2.33. The summed E-state index contributed by atoms with van der Waals surface area (Å²) in [5.74, 6) is 0. The summed E-state index contributed by atoms with van der Waals surface area (Å²) < 4.78 is 0. The number of aryl methyl sites for hydroxylation is 1. The van der Waals surface area contributed by atoms with Crippen molar-refractivity contribution in [2.45, 2.75) is 19.8 Å². The third-order valence-corrected chi connectivity index (χ3v) is 7.93. The van der Waals surface area contributed by atoms with E-state index in [0.717, 1.165) is 6.42 Å². The van der Waals surface area contributed by atoms with E-state index in [9.17, 15) is 0 Å². The maximum atomic E-state index is 3.06. The van der Waals surface area contributed by atoms with E-state index < -0.39 is 0 Å². The molecule has 0 unspecified atom stereocenters. The molecular formula is C41H38Cl2SiZr-4. The van der Waals surface area contributed by atoms with Gasteiger partial charge in [-0.1, -0.05) is 110 Å². The molecule has 0 spiro atoms. The topological polar surface area (TPSA) is 0 Å². The molecule has 0 N–H and O–H groups in total. The predicted molar refractivity (Wildman–Crippen MR) is 204 cm³/mol. The number of hydrogen-bond acceptors (Lipinski definition) is 0. The van der Waals surface area contributed by atoms with Crippen LogP contribution in [0.1, 0.15) is 18.9 Å². The summed E-state index contributed by atoms with van der Waals surface area (Å²) in [6, 6.07) is 50.6. The van der Waals surface area contributed by atoms with Crippen LogP contribution < -0.4 is 0 Å². The molecule has 0 fully saturated rings. The van der Waals surface area contributed by atoms with Crippen LogP contribution in [-0.4, -0.2) is 6.88 Å². The van der Waals surface area contributed by atoms with E-state index in [1.165, 1.54) is 100 Å². The Morgan fingerprint density at radius 3 is 1.60 bits per heavy atom. The second-order valence-electron chi connectivity index (χ2n) is 10.4. The maximum absolute atomic E-state index is 3.06. The van der Waals surface area contributed by atoms with Crippen LogP contribution in [0.3, 0.4) is 0 Å². The number of hydrogen-bond donors (Lipinski definition) is 0. The third kappa shape index (κ3) is 7.70. The normalized spacial score (nSPS) is 9.96. The van der Waals surface area contributed by atoms with Crippen LogP contribution in [0.5, 0.6) is 0 Å². The second kappa shape index (κ2) is 17.6. The average molecular weight is 721 g/mol. The molecule has 0 aliphatic rings. The number of rotatable bonds is 3. The quantitative estimate of drug-likeness (QED) is 0.0968. The fourth-order valence-corrected chi connectivity index (χ4v) is 6.15. The summed E-state index contributed by atoms with van der Waals surface area (Å²) in [7, 11) is 0. The van der Waals surface area contributed by atoms with Gasteiger partial charge in [-0.05, 0) is 39.6 Å². The molecule has 2 radical (unpaired) electrons. The minimum Gasteiger partial charge on any atom is -0.126 e. The minimum absolute atomic E-state index is 0. The monoisotopic (exact) mass is 718 g/mol. The molecule has 8 aromatic carbocycles. The van der Waals surface area contributed by atoms with Gasteiger partial charge in [0.2, 0.25) is 0 Å².